The van der Waals surface area contributed by atoms with Gasteiger partial charge in [-0.05, 0) is 38.6 Å². The molecular weight excluding hydrogens is 250 g/mol. The van der Waals surface area contributed by atoms with Gasteiger partial charge in [-0.3, -0.25) is 0 Å². The summed E-state index contributed by atoms with van der Waals surface area (Å²) in [7, 11) is 3.62. The summed E-state index contributed by atoms with van der Waals surface area (Å²) in [5.41, 5.74) is 0.977. The molecule has 0 fully saturated rings. The SMILES string of the molecule is CNCc1ccc(OCCC(C)(C)OC)c(Cl)c1. The zero-order valence-corrected chi connectivity index (χ0v) is 12.3. The molecule has 1 rings (SSSR count). The predicted molar refractivity (Wildman–Crippen MR) is 75.4 cm³/mol. The van der Waals surface area contributed by atoms with Gasteiger partial charge in [-0.1, -0.05) is 17.7 Å². The minimum Gasteiger partial charge on any atom is -0.492 e. The Bertz CT molecular complexity index is 380. The Morgan fingerprint density at radius 2 is 2.06 bits per heavy atom. The Hall–Kier alpha value is -0.770. The monoisotopic (exact) mass is 271 g/mol. The second-order valence-electron chi connectivity index (χ2n) is 4.86. The van der Waals surface area contributed by atoms with Crippen LogP contribution < -0.4 is 10.1 Å². The molecule has 0 aliphatic carbocycles. The summed E-state index contributed by atoms with van der Waals surface area (Å²) in [6.45, 7) is 5.46. The largest absolute Gasteiger partial charge is 0.492 e. The van der Waals surface area contributed by atoms with Gasteiger partial charge in [-0.2, -0.15) is 0 Å². The van der Waals surface area contributed by atoms with Crippen molar-refractivity contribution in [2.75, 3.05) is 20.8 Å². The van der Waals surface area contributed by atoms with E-state index in [9.17, 15) is 0 Å². The van der Waals surface area contributed by atoms with Crippen LogP contribution in [0.4, 0.5) is 0 Å². The van der Waals surface area contributed by atoms with E-state index in [1.807, 2.05) is 39.1 Å². The van der Waals surface area contributed by atoms with Gasteiger partial charge >= 0.3 is 0 Å². The lowest BCUT2D eigenvalue weighted by atomic mass is 10.1. The van der Waals surface area contributed by atoms with E-state index in [-0.39, 0.29) is 5.60 Å². The first-order chi connectivity index (χ1) is 8.48. The molecule has 0 spiro atoms. The van der Waals surface area contributed by atoms with E-state index in [4.69, 9.17) is 21.1 Å². The standard InChI is InChI=1S/C14H22ClNO2/c1-14(2,17-4)7-8-18-13-6-5-11(10-16-3)9-12(13)15/h5-6,9,16H,7-8,10H2,1-4H3. The molecule has 102 valence electrons. The zero-order valence-electron chi connectivity index (χ0n) is 11.5. The molecule has 0 aliphatic rings. The minimum atomic E-state index is -0.168. The average molecular weight is 272 g/mol. The molecular formula is C14H22ClNO2. The molecule has 0 aromatic heterocycles. The smallest absolute Gasteiger partial charge is 0.137 e. The third kappa shape index (κ3) is 4.84. The summed E-state index contributed by atoms with van der Waals surface area (Å²) in [6, 6.07) is 5.85. The number of nitrogens with one attached hydrogen (secondary N) is 1. The van der Waals surface area contributed by atoms with Gasteiger partial charge in [-0.25, -0.2) is 0 Å². The maximum atomic E-state index is 6.16. The molecule has 0 radical (unpaired) electrons. The summed E-state index contributed by atoms with van der Waals surface area (Å²) in [5.74, 6) is 0.725. The number of methoxy groups -OCH3 is 1. The van der Waals surface area contributed by atoms with Crippen molar-refractivity contribution in [3.63, 3.8) is 0 Å². The van der Waals surface area contributed by atoms with Crippen molar-refractivity contribution in [1.29, 1.82) is 0 Å². The Morgan fingerprint density at radius 3 is 2.61 bits per heavy atom. The van der Waals surface area contributed by atoms with E-state index >= 15 is 0 Å². The lowest BCUT2D eigenvalue weighted by Crippen LogP contribution is -2.25. The molecule has 0 aliphatic heterocycles. The van der Waals surface area contributed by atoms with Crippen molar-refractivity contribution in [2.45, 2.75) is 32.4 Å². The van der Waals surface area contributed by atoms with Crippen molar-refractivity contribution in [2.24, 2.45) is 0 Å². The van der Waals surface area contributed by atoms with Crippen LogP contribution in [0.3, 0.4) is 0 Å². The Kier molecular flexibility index (Phi) is 5.93. The molecule has 0 unspecified atom stereocenters. The van der Waals surface area contributed by atoms with Crippen molar-refractivity contribution >= 4 is 11.6 Å². The number of ether oxygens (including phenoxy) is 2. The van der Waals surface area contributed by atoms with E-state index in [2.05, 4.69) is 5.32 Å². The van der Waals surface area contributed by atoms with Gasteiger partial charge in [0.15, 0.2) is 0 Å². The van der Waals surface area contributed by atoms with Crippen LogP contribution in [0.2, 0.25) is 5.02 Å². The van der Waals surface area contributed by atoms with Gasteiger partial charge in [-0.15, -0.1) is 0 Å². The lowest BCUT2D eigenvalue weighted by Gasteiger charge is -2.22. The van der Waals surface area contributed by atoms with Crippen LogP contribution in [0.1, 0.15) is 25.8 Å². The van der Waals surface area contributed by atoms with E-state index in [1.165, 1.54) is 0 Å². The third-order valence-corrected chi connectivity index (χ3v) is 3.19. The number of rotatable bonds is 7. The van der Waals surface area contributed by atoms with Crippen molar-refractivity contribution in [1.82, 2.24) is 5.32 Å². The molecule has 18 heavy (non-hydrogen) atoms. The average Bonchev–Trinajstić information content (AvgIpc) is 2.32. The quantitative estimate of drug-likeness (QED) is 0.826. The Labute approximate surface area is 114 Å². The number of hydrogen-bond acceptors (Lipinski definition) is 3. The normalized spacial score (nSPS) is 11.6. The molecule has 0 atom stereocenters. The maximum absolute atomic E-state index is 6.16. The first-order valence-corrected chi connectivity index (χ1v) is 6.47. The zero-order chi connectivity index (χ0) is 13.6. The second-order valence-corrected chi connectivity index (χ2v) is 5.26. The van der Waals surface area contributed by atoms with Crippen molar-refractivity contribution in [3.05, 3.63) is 28.8 Å². The summed E-state index contributed by atoms with van der Waals surface area (Å²) < 4.78 is 11.0. The topological polar surface area (TPSA) is 30.5 Å². The maximum Gasteiger partial charge on any atom is 0.137 e. The number of halogens is 1. The molecule has 1 N–H and O–H groups in total. The highest BCUT2D eigenvalue weighted by atomic mass is 35.5. The van der Waals surface area contributed by atoms with Crippen LogP contribution in [0.15, 0.2) is 18.2 Å². The molecule has 1 aromatic carbocycles. The number of benzene rings is 1. The molecule has 0 bridgehead atoms. The summed E-state index contributed by atoms with van der Waals surface area (Å²) in [6.07, 6.45) is 0.818. The van der Waals surface area contributed by atoms with Crippen LogP contribution in [-0.4, -0.2) is 26.4 Å². The highest BCUT2D eigenvalue weighted by molar-refractivity contribution is 6.32. The predicted octanol–water partition coefficient (Wildman–Crippen LogP) is 3.25. The van der Waals surface area contributed by atoms with Crippen molar-refractivity contribution in [3.8, 4) is 5.75 Å². The molecule has 0 saturated heterocycles. The van der Waals surface area contributed by atoms with E-state index in [1.54, 1.807) is 7.11 Å². The molecule has 0 heterocycles. The highest BCUT2D eigenvalue weighted by Gasteiger charge is 2.16. The van der Waals surface area contributed by atoms with Gasteiger partial charge in [0.1, 0.15) is 5.75 Å². The lowest BCUT2D eigenvalue weighted by molar-refractivity contribution is 0.00546. The fourth-order valence-corrected chi connectivity index (χ4v) is 1.74. The molecule has 4 heteroatoms. The third-order valence-electron chi connectivity index (χ3n) is 2.89. The van der Waals surface area contributed by atoms with Crippen LogP contribution in [0.5, 0.6) is 5.75 Å². The van der Waals surface area contributed by atoms with Crippen molar-refractivity contribution < 1.29 is 9.47 Å². The minimum absolute atomic E-state index is 0.168. The summed E-state index contributed by atoms with van der Waals surface area (Å²) >= 11 is 6.16. The fourth-order valence-electron chi connectivity index (χ4n) is 1.48. The molecule has 1 aromatic rings. The highest BCUT2D eigenvalue weighted by Crippen LogP contribution is 2.26. The van der Waals surface area contributed by atoms with E-state index in [0.717, 1.165) is 24.3 Å². The van der Waals surface area contributed by atoms with E-state index < -0.39 is 0 Å². The first kappa shape index (κ1) is 15.3. The van der Waals surface area contributed by atoms with Gasteiger partial charge in [0, 0.05) is 20.1 Å². The Morgan fingerprint density at radius 1 is 1.33 bits per heavy atom. The van der Waals surface area contributed by atoms with Crippen LogP contribution in [-0.2, 0) is 11.3 Å². The van der Waals surface area contributed by atoms with Gasteiger partial charge in [0.05, 0.1) is 17.2 Å². The molecule has 0 amide bonds. The molecule has 0 saturated carbocycles. The van der Waals surface area contributed by atoms with E-state index in [0.29, 0.717) is 11.6 Å². The Balaban J connectivity index is 2.53. The van der Waals surface area contributed by atoms with Crippen LogP contribution >= 0.6 is 11.6 Å². The molecule has 3 nitrogen and oxygen atoms in total. The van der Waals surface area contributed by atoms with Crippen LogP contribution in [0.25, 0.3) is 0 Å². The van der Waals surface area contributed by atoms with Gasteiger partial charge < -0.3 is 14.8 Å². The number of hydrogen-bond donors (Lipinski definition) is 1. The fraction of sp³-hybridized carbons (Fsp3) is 0.571. The summed E-state index contributed by atoms with van der Waals surface area (Å²) in [4.78, 5) is 0. The van der Waals surface area contributed by atoms with Gasteiger partial charge in [0.25, 0.3) is 0 Å². The summed E-state index contributed by atoms with van der Waals surface area (Å²) in [5, 5.41) is 3.74. The first-order valence-electron chi connectivity index (χ1n) is 6.09. The second kappa shape index (κ2) is 6.98. The van der Waals surface area contributed by atoms with Gasteiger partial charge in [0.2, 0.25) is 0 Å². The van der Waals surface area contributed by atoms with Crippen LogP contribution in [0, 0.1) is 0 Å².